The molecule has 0 unspecified atom stereocenters. The van der Waals surface area contributed by atoms with Crippen molar-refractivity contribution in [1.82, 2.24) is 24.1 Å². The Hall–Kier alpha value is -9.27. The molecule has 318 valence electrons. The second kappa shape index (κ2) is 13.9. The SMILES string of the molecule is c1ccc(-c2nc(-c3ccccc3)nc(-n3c4ccccc4c4c5c(ccc43)C3(c4ccccc4N5c4cccc(-n5c6ccccc6c6ccccc65)c4)c4ccoc4-c4occc43)n2)cc1. The van der Waals surface area contributed by atoms with E-state index in [0.29, 0.717) is 17.6 Å². The Morgan fingerprint density at radius 3 is 1.57 bits per heavy atom. The van der Waals surface area contributed by atoms with Crippen LogP contribution in [0.5, 0.6) is 0 Å². The Bertz CT molecular complexity index is 4030. The van der Waals surface area contributed by atoms with Crippen molar-refractivity contribution in [3.63, 3.8) is 0 Å². The summed E-state index contributed by atoms with van der Waals surface area (Å²) in [6.45, 7) is 0. The largest absolute Gasteiger partial charge is 0.461 e. The predicted molar refractivity (Wildman–Crippen MR) is 269 cm³/mol. The molecule has 0 atom stereocenters. The second-order valence-electron chi connectivity index (χ2n) is 17.5. The summed E-state index contributed by atoms with van der Waals surface area (Å²) in [6, 6.07) is 72.9. The van der Waals surface area contributed by atoms with Gasteiger partial charge in [0.15, 0.2) is 23.2 Å². The van der Waals surface area contributed by atoms with Crippen molar-refractivity contribution in [2.45, 2.75) is 5.41 Å². The van der Waals surface area contributed by atoms with Gasteiger partial charge in [0, 0.05) is 55.2 Å². The quantitative estimate of drug-likeness (QED) is 0.171. The van der Waals surface area contributed by atoms with Crippen molar-refractivity contribution in [3.05, 3.63) is 241 Å². The highest BCUT2D eigenvalue weighted by Gasteiger charge is 2.55. The lowest BCUT2D eigenvalue weighted by atomic mass is 9.65. The number of hydrogen-bond donors (Lipinski definition) is 0. The van der Waals surface area contributed by atoms with Crippen molar-refractivity contribution in [2.75, 3.05) is 4.90 Å². The van der Waals surface area contributed by atoms with Gasteiger partial charge in [0.2, 0.25) is 5.95 Å². The first-order valence-electron chi connectivity index (χ1n) is 22.8. The van der Waals surface area contributed by atoms with Crippen LogP contribution in [0.25, 0.3) is 89.5 Å². The van der Waals surface area contributed by atoms with Gasteiger partial charge >= 0.3 is 0 Å². The molecule has 6 heterocycles. The van der Waals surface area contributed by atoms with Gasteiger partial charge in [-0.1, -0.05) is 146 Å². The van der Waals surface area contributed by atoms with Crippen LogP contribution >= 0.6 is 0 Å². The summed E-state index contributed by atoms with van der Waals surface area (Å²) in [7, 11) is 0. The van der Waals surface area contributed by atoms with Gasteiger partial charge in [-0.05, 0) is 71.8 Å². The maximum absolute atomic E-state index is 6.34. The third-order valence-corrected chi connectivity index (χ3v) is 14.1. The molecule has 0 fully saturated rings. The minimum absolute atomic E-state index is 0.532. The second-order valence-corrected chi connectivity index (χ2v) is 17.5. The lowest BCUT2D eigenvalue weighted by Gasteiger charge is -2.44. The van der Waals surface area contributed by atoms with Gasteiger partial charge in [0.05, 0.1) is 51.4 Å². The van der Waals surface area contributed by atoms with Crippen molar-refractivity contribution in [1.29, 1.82) is 0 Å². The topological polar surface area (TPSA) is 78.0 Å². The maximum atomic E-state index is 6.34. The molecule has 0 saturated carbocycles. The van der Waals surface area contributed by atoms with Crippen LogP contribution in [0, 0.1) is 0 Å². The summed E-state index contributed by atoms with van der Waals surface area (Å²) < 4.78 is 17.3. The molecule has 0 radical (unpaired) electrons. The van der Waals surface area contributed by atoms with E-state index in [1.807, 2.05) is 60.7 Å². The number of nitrogens with zero attached hydrogens (tertiary/aromatic N) is 6. The lowest BCUT2D eigenvalue weighted by Crippen LogP contribution is -2.36. The van der Waals surface area contributed by atoms with Crippen LogP contribution in [0.15, 0.2) is 228 Å². The molecule has 15 rings (SSSR count). The fraction of sp³-hybridized carbons (Fsp3) is 0.0167. The molecule has 1 aliphatic carbocycles. The third kappa shape index (κ3) is 4.89. The molecule has 5 aromatic heterocycles. The van der Waals surface area contributed by atoms with Gasteiger partial charge in [-0.3, -0.25) is 4.57 Å². The molecular formula is C60H36N6O2. The van der Waals surface area contributed by atoms with Crippen LogP contribution in [0.3, 0.4) is 0 Å². The van der Waals surface area contributed by atoms with Crippen molar-refractivity contribution in [2.24, 2.45) is 0 Å². The zero-order valence-corrected chi connectivity index (χ0v) is 36.3. The van der Waals surface area contributed by atoms with E-state index in [4.69, 9.17) is 23.8 Å². The average molecular weight is 873 g/mol. The molecule has 0 amide bonds. The number of anilines is 3. The van der Waals surface area contributed by atoms with Gasteiger partial charge in [0.1, 0.15) is 0 Å². The number of benzene rings is 8. The Labute approximate surface area is 389 Å². The van der Waals surface area contributed by atoms with E-state index in [1.54, 1.807) is 12.5 Å². The van der Waals surface area contributed by atoms with E-state index in [-0.39, 0.29) is 0 Å². The van der Waals surface area contributed by atoms with Crippen molar-refractivity contribution >= 4 is 60.7 Å². The van der Waals surface area contributed by atoms with Crippen LogP contribution < -0.4 is 4.90 Å². The molecule has 2 aliphatic rings. The number of furan rings is 2. The first-order chi connectivity index (χ1) is 33.8. The summed E-state index contributed by atoms with van der Waals surface area (Å²) in [5.74, 6) is 3.23. The number of hydrogen-bond acceptors (Lipinski definition) is 6. The van der Waals surface area contributed by atoms with Gasteiger partial charge < -0.3 is 18.3 Å². The highest BCUT2D eigenvalue weighted by molar-refractivity contribution is 6.19. The first kappa shape index (κ1) is 37.0. The molecule has 8 nitrogen and oxygen atoms in total. The van der Waals surface area contributed by atoms with E-state index in [0.717, 1.165) is 100 Å². The van der Waals surface area contributed by atoms with E-state index in [1.165, 1.54) is 10.8 Å². The monoisotopic (exact) mass is 872 g/mol. The van der Waals surface area contributed by atoms with Gasteiger partial charge in [-0.25, -0.2) is 4.98 Å². The van der Waals surface area contributed by atoms with Crippen LogP contribution in [0.2, 0.25) is 0 Å². The molecular weight excluding hydrogens is 837 g/mol. The number of aromatic nitrogens is 5. The van der Waals surface area contributed by atoms with Crippen LogP contribution in [-0.2, 0) is 5.41 Å². The van der Waals surface area contributed by atoms with Gasteiger partial charge in [0.25, 0.3) is 0 Å². The Balaban J connectivity index is 1.07. The molecule has 8 aromatic carbocycles. The molecule has 1 aliphatic heterocycles. The molecule has 68 heavy (non-hydrogen) atoms. The normalized spacial score (nSPS) is 13.4. The van der Waals surface area contributed by atoms with Crippen LogP contribution in [-0.4, -0.2) is 24.1 Å². The summed E-state index contributed by atoms with van der Waals surface area (Å²) in [5, 5.41) is 4.57. The maximum Gasteiger partial charge on any atom is 0.238 e. The number of rotatable bonds is 5. The Morgan fingerprint density at radius 2 is 0.926 bits per heavy atom. The van der Waals surface area contributed by atoms with Crippen LogP contribution in [0.1, 0.15) is 22.3 Å². The number of fused-ring (bicyclic) bond motifs is 16. The van der Waals surface area contributed by atoms with Gasteiger partial charge in [-0.2, -0.15) is 9.97 Å². The first-order valence-corrected chi connectivity index (χ1v) is 22.8. The zero-order chi connectivity index (χ0) is 44.5. The molecule has 8 heteroatoms. The smallest absolute Gasteiger partial charge is 0.238 e. The minimum Gasteiger partial charge on any atom is -0.461 e. The van der Waals surface area contributed by atoms with E-state index >= 15 is 0 Å². The standard InChI is InChI=1S/C60H36N6O2/c1-3-16-37(17-4-1)57-61-58(38-18-5-2-6-19-38)63-59(62-57)66-50-28-13-9-24-43(50)53-52(66)31-30-45-54(53)65(51-29-14-10-25-44(51)60(45)46-32-34-67-55(46)56-47(60)33-35-68-56)40-21-15-20-39(36-40)64-48-26-11-7-22-41(48)42-23-8-12-27-49(42)64/h1-36H. The molecule has 1 spiro atoms. The Morgan fingerprint density at radius 1 is 0.382 bits per heavy atom. The third-order valence-electron chi connectivity index (χ3n) is 14.1. The summed E-state index contributed by atoms with van der Waals surface area (Å²) in [5.41, 5.74) is 13.9. The van der Waals surface area contributed by atoms with Crippen molar-refractivity contribution in [3.8, 4) is 45.9 Å². The van der Waals surface area contributed by atoms with Crippen molar-refractivity contribution < 1.29 is 8.83 Å². The van der Waals surface area contributed by atoms with Crippen LogP contribution in [0.4, 0.5) is 17.1 Å². The Kier molecular flexibility index (Phi) is 7.55. The highest BCUT2D eigenvalue weighted by atomic mass is 16.4. The highest BCUT2D eigenvalue weighted by Crippen LogP contribution is 2.65. The van der Waals surface area contributed by atoms with E-state index in [2.05, 4.69) is 160 Å². The molecule has 13 aromatic rings. The summed E-state index contributed by atoms with van der Waals surface area (Å²) in [4.78, 5) is 18.2. The zero-order valence-electron chi connectivity index (χ0n) is 36.3. The minimum atomic E-state index is -0.761. The lowest BCUT2D eigenvalue weighted by molar-refractivity contribution is 0.525. The molecule has 0 saturated heterocycles. The fourth-order valence-electron chi connectivity index (χ4n) is 11.5. The van der Waals surface area contributed by atoms with Gasteiger partial charge in [-0.15, -0.1) is 0 Å². The predicted octanol–water partition coefficient (Wildman–Crippen LogP) is 14.7. The summed E-state index contributed by atoms with van der Waals surface area (Å²) in [6.07, 6.45) is 3.59. The van der Waals surface area contributed by atoms with E-state index in [9.17, 15) is 0 Å². The molecule has 0 bridgehead atoms. The average Bonchev–Trinajstić information content (AvgIpc) is 4.25. The fourth-order valence-corrected chi connectivity index (χ4v) is 11.5. The summed E-state index contributed by atoms with van der Waals surface area (Å²) >= 11 is 0. The number of para-hydroxylation sites is 4. The van der Waals surface area contributed by atoms with E-state index < -0.39 is 5.41 Å². The molecule has 0 N–H and O–H groups in total.